The van der Waals surface area contributed by atoms with Crippen molar-refractivity contribution in [3.05, 3.63) is 50.5 Å². The molecule has 2 heterocycles. The van der Waals surface area contributed by atoms with Crippen LogP contribution in [-0.2, 0) is 33.4 Å². The van der Waals surface area contributed by atoms with E-state index in [1.807, 2.05) is 0 Å². The van der Waals surface area contributed by atoms with Crippen molar-refractivity contribution >= 4 is 64.8 Å². The Morgan fingerprint density at radius 3 is 2.28 bits per heavy atom. The summed E-state index contributed by atoms with van der Waals surface area (Å²) in [5, 5.41) is 15.3. The maximum atomic E-state index is 12.5. The van der Waals surface area contributed by atoms with Crippen molar-refractivity contribution in [2.75, 3.05) is 6.61 Å². The predicted octanol–water partition coefficient (Wildman–Crippen LogP) is 4.95. The van der Waals surface area contributed by atoms with E-state index in [1.54, 1.807) is 13.8 Å². The number of cyclic esters (lactones) is 2. The summed E-state index contributed by atoms with van der Waals surface area (Å²) in [5.41, 5.74) is -0.483. The van der Waals surface area contributed by atoms with Gasteiger partial charge < -0.3 is 24.1 Å². The molecule has 1 aliphatic rings. The van der Waals surface area contributed by atoms with Crippen LogP contribution in [0.4, 0.5) is 0 Å². The second kappa shape index (κ2) is 12.5. The van der Waals surface area contributed by atoms with Gasteiger partial charge in [0.1, 0.15) is 16.8 Å². The van der Waals surface area contributed by atoms with Crippen LogP contribution >= 0.6 is 34.8 Å². The third-order valence-corrected chi connectivity index (χ3v) is 6.02. The fourth-order valence-electron chi connectivity index (χ4n) is 3.34. The molecule has 0 radical (unpaired) electrons. The fourth-order valence-corrected chi connectivity index (χ4v) is 4.32. The smallest absolute Gasteiger partial charge is 0.348 e. The third-order valence-electron chi connectivity index (χ3n) is 5.23. The lowest BCUT2D eigenvalue weighted by atomic mass is 10.1. The van der Waals surface area contributed by atoms with Gasteiger partial charge in [-0.2, -0.15) is 4.68 Å². The number of carbonyl (C=O) groups is 4. The van der Waals surface area contributed by atoms with E-state index in [0.717, 1.165) is 10.8 Å². The zero-order chi connectivity index (χ0) is 28.9. The fraction of sp³-hybridized carbons (Fsp3) is 0.320. The summed E-state index contributed by atoms with van der Waals surface area (Å²) in [6.07, 6.45) is 3.32. The minimum atomic E-state index is -1.65. The van der Waals surface area contributed by atoms with Crippen molar-refractivity contribution in [3.8, 4) is 17.4 Å². The number of aromatic hydroxyl groups is 1. The van der Waals surface area contributed by atoms with Gasteiger partial charge in [0.25, 0.3) is 11.7 Å². The van der Waals surface area contributed by atoms with Gasteiger partial charge in [-0.15, -0.1) is 5.10 Å². The molecule has 1 saturated heterocycles. The van der Waals surface area contributed by atoms with Gasteiger partial charge >= 0.3 is 23.9 Å². The van der Waals surface area contributed by atoms with Gasteiger partial charge in [0.15, 0.2) is 0 Å². The second-order valence-corrected chi connectivity index (χ2v) is 9.41. The average Bonchev–Trinajstić information content (AvgIpc) is 3.13. The van der Waals surface area contributed by atoms with Crippen molar-refractivity contribution in [2.45, 2.75) is 45.8 Å². The van der Waals surface area contributed by atoms with Gasteiger partial charge in [-0.3, -0.25) is 9.59 Å². The molecular formula is C25H23Cl3N2O9. The number of aromatic nitrogens is 2. The van der Waals surface area contributed by atoms with Crippen LogP contribution in [0.15, 0.2) is 29.9 Å². The van der Waals surface area contributed by atoms with Crippen LogP contribution in [0, 0.1) is 0 Å². The molecule has 208 valence electrons. The van der Waals surface area contributed by atoms with Crippen LogP contribution in [0.5, 0.6) is 11.8 Å². The Labute approximate surface area is 237 Å². The number of nitrogens with zero attached hydrogens (tertiary/aromatic N) is 2. The van der Waals surface area contributed by atoms with E-state index in [2.05, 4.69) is 5.10 Å². The van der Waals surface area contributed by atoms with E-state index in [0.29, 0.717) is 0 Å². The highest BCUT2D eigenvalue weighted by molar-refractivity contribution is 6.40. The number of halogens is 3. The number of hydrogen-bond acceptors (Lipinski definition) is 10. The Morgan fingerprint density at radius 1 is 1.10 bits per heavy atom. The van der Waals surface area contributed by atoms with Crippen LogP contribution in [0.2, 0.25) is 15.1 Å². The lowest BCUT2D eigenvalue weighted by molar-refractivity contribution is -0.231. The minimum absolute atomic E-state index is 0.00982. The lowest BCUT2D eigenvalue weighted by Crippen LogP contribution is -2.44. The SMILES string of the molecule is CCOC(=O)CCC1(C)OC(=O)C(=C/C=C/c2c(OC(=O)CC)nn(-c3c(Cl)cc(Cl)cc3Cl)c2O)C(=O)O1. The summed E-state index contributed by atoms with van der Waals surface area (Å²) in [7, 11) is 0. The molecule has 1 aromatic carbocycles. The quantitative estimate of drug-likeness (QED) is 0.238. The summed E-state index contributed by atoms with van der Waals surface area (Å²) in [6, 6.07) is 2.76. The number of hydrogen-bond donors (Lipinski definition) is 1. The minimum Gasteiger partial charge on any atom is -0.493 e. The second-order valence-electron chi connectivity index (χ2n) is 8.16. The molecule has 0 atom stereocenters. The Morgan fingerprint density at radius 2 is 1.72 bits per heavy atom. The van der Waals surface area contributed by atoms with Crippen molar-refractivity contribution in [1.29, 1.82) is 0 Å². The molecule has 1 N–H and O–H groups in total. The van der Waals surface area contributed by atoms with Crippen molar-refractivity contribution in [3.63, 3.8) is 0 Å². The van der Waals surface area contributed by atoms with Gasteiger partial charge in [-0.05, 0) is 31.2 Å². The molecule has 0 unspecified atom stereocenters. The number of carbonyl (C=O) groups excluding carboxylic acids is 4. The van der Waals surface area contributed by atoms with E-state index in [-0.39, 0.29) is 58.1 Å². The van der Waals surface area contributed by atoms with Gasteiger partial charge in [0.2, 0.25) is 5.88 Å². The molecule has 3 rings (SSSR count). The number of benzene rings is 1. The van der Waals surface area contributed by atoms with Crippen LogP contribution in [-0.4, -0.2) is 51.2 Å². The Balaban J connectivity index is 1.90. The zero-order valence-electron chi connectivity index (χ0n) is 21.0. The molecule has 2 aromatic rings. The average molecular weight is 602 g/mol. The number of rotatable bonds is 9. The maximum Gasteiger partial charge on any atom is 0.348 e. The van der Waals surface area contributed by atoms with Gasteiger partial charge in [0, 0.05) is 24.8 Å². The first-order chi connectivity index (χ1) is 18.4. The Kier molecular flexibility index (Phi) is 9.65. The highest BCUT2D eigenvalue weighted by atomic mass is 35.5. The summed E-state index contributed by atoms with van der Waals surface area (Å²) >= 11 is 18.5. The molecular weight excluding hydrogens is 579 g/mol. The van der Waals surface area contributed by atoms with E-state index in [9.17, 15) is 24.3 Å². The normalized spacial score (nSPS) is 17.1. The van der Waals surface area contributed by atoms with Crippen LogP contribution in [0.1, 0.15) is 45.6 Å². The molecule has 0 bridgehead atoms. The molecule has 14 heteroatoms. The molecule has 1 aliphatic heterocycles. The summed E-state index contributed by atoms with van der Waals surface area (Å²) in [6.45, 7) is 4.74. The largest absolute Gasteiger partial charge is 0.493 e. The van der Waals surface area contributed by atoms with Crippen LogP contribution < -0.4 is 4.74 Å². The monoisotopic (exact) mass is 600 g/mol. The third kappa shape index (κ3) is 7.11. The van der Waals surface area contributed by atoms with Crippen molar-refractivity contribution in [1.82, 2.24) is 9.78 Å². The maximum absolute atomic E-state index is 12.5. The Hall–Kier alpha value is -3.54. The van der Waals surface area contributed by atoms with E-state index in [4.69, 9.17) is 53.8 Å². The van der Waals surface area contributed by atoms with Crippen LogP contribution in [0.25, 0.3) is 11.8 Å². The summed E-state index contributed by atoms with van der Waals surface area (Å²) in [4.78, 5) is 48.6. The number of allylic oxidation sites excluding steroid dienone is 2. The van der Waals surface area contributed by atoms with Gasteiger partial charge in [0.05, 0.1) is 23.1 Å². The highest BCUT2D eigenvalue weighted by Crippen LogP contribution is 2.38. The summed E-state index contributed by atoms with van der Waals surface area (Å²) in [5.74, 6) is -5.62. The Bertz CT molecular complexity index is 1340. The summed E-state index contributed by atoms with van der Waals surface area (Å²) < 4.78 is 21.5. The molecule has 0 aliphatic carbocycles. The molecule has 0 amide bonds. The van der Waals surface area contributed by atoms with E-state index in [1.165, 1.54) is 31.2 Å². The topological polar surface area (TPSA) is 143 Å². The van der Waals surface area contributed by atoms with Crippen molar-refractivity contribution < 1.29 is 43.2 Å². The standard InChI is InChI=1S/C25H23Cl3N2O9/c1-4-18(31)37-21-14(22(33)30(29-21)20-16(27)11-13(26)12-17(20)28)7-6-8-15-23(34)38-25(3,39-24(15)35)10-9-19(32)36-5-2/h6-8,11-12,33H,4-5,9-10H2,1-3H3/b7-6+,15-8?. The molecule has 0 saturated carbocycles. The number of ether oxygens (including phenoxy) is 4. The first-order valence-electron chi connectivity index (χ1n) is 11.6. The highest BCUT2D eigenvalue weighted by Gasteiger charge is 2.42. The van der Waals surface area contributed by atoms with Crippen LogP contribution in [0.3, 0.4) is 0 Å². The van der Waals surface area contributed by atoms with E-state index >= 15 is 0 Å². The first kappa shape index (κ1) is 30.0. The molecule has 1 aromatic heterocycles. The molecule has 11 nitrogen and oxygen atoms in total. The van der Waals surface area contributed by atoms with Gasteiger partial charge in [-0.25, -0.2) is 9.59 Å². The molecule has 0 spiro atoms. The van der Waals surface area contributed by atoms with Gasteiger partial charge in [-0.1, -0.05) is 47.8 Å². The molecule has 1 fully saturated rings. The van der Waals surface area contributed by atoms with Crippen molar-refractivity contribution in [2.24, 2.45) is 0 Å². The van der Waals surface area contributed by atoms with E-state index < -0.39 is 41.1 Å². The first-order valence-corrected chi connectivity index (χ1v) is 12.7. The number of esters is 4. The zero-order valence-corrected chi connectivity index (χ0v) is 23.2. The lowest BCUT2D eigenvalue weighted by Gasteiger charge is -2.33. The predicted molar refractivity (Wildman–Crippen MR) is 140 cm³/mol. The molecule has 39 heavy (non-hydrogen) atoms.